The molecule has 0 spiro atoms. The van der Waals surface area contributed by atoms with E-state index in [1.54, 1.807) is 7.11 Å². The van der Waals surface area contributed by atoms with Gasteiger partial charge in [0, 0.05) is 23.4 Å². The van der Waals surface area contributed by atoms with Crippen LogP contribution < -0.4 is 0 Å². The standard InChI is InChI=1S/C19H24F2O2S/c1-5-7-14-15(16(22)10-12(2)19(3,20)21)11-24-18(14)17(23-4)13-8-6-9-13/h10-11,22H,2,5-9H2,1,3-4H3/b16-10+. The smallest absolute Gasteiger partial charge is 0.270 e. The van der Waals surface area contributed by atoms with Gasteiger partial charge >= 0.3 is 0 Å². The average molecular weight is 354 g/mol. The predicted octanol–water partition coefficient (Wildman–Crippen LogP) is 6.35. The van der Waals surface area contributed by atoms with Crippen LogP contribution in [0.25, 0.3) is 11.5 Å². The fourth-order valence-electron chi connectivity index (χ4n) is 2.63. The van der Waals surface area contributed by atoms with Gasteiger partial charge in [-0.05, 0) is 42.9 Å². The van der Waals surface area contributed by atoms with Gasteiger partial charge in [-0.15, -0.1) is 11.3 Å². The van der Waals surface area contributed by atoms with Crippen LogP contribution in [0, 0.1) is 0 Å². The van der Waals surface area contributed by atoms with Crippen molar-refractivity contribution in [3.05, 3.63) is 45.2 Å². The monoisotopic (exact) mass is 354 g/mol. The number of aliphatic hydroxyl groups is 1. The van der Waals surface area contributed by atoms with Crippen LogP contribution in [0.1, 0.15) is 55.5 Å². The fourth-order valence-corrected chi connectivity index (χ4v) is 3.82. The lowest BCUT2D eigenvalue weighted by Gasteiger charge is -2.21. The zero-order valence-electron chi connectivity index (χ0n) is 14.4. The molecule has 0 atom stereocenters. The van der Waals surface area contributed by atoms with Crippen LogP contribution >= 0.6 is 11.3 Å². The summed E-state index contributed by atoms with van der Waals surface area (Å²) in [5, 5.41) is 12.2. The lowest BCUT2D eigenvalue weighted by atomic mass is 9.89. The van der Waals surface area contributed by atoms with Crippen LogP contribution in [0.4, 0.5) is 8.78 Å². The van der Waals surface area contributed by atoms with Gasteiger partial charge in [0.15, 0.2) is 0 Å². The number of hydrogen-bond donors (Lipinski definition) is 1. The van der Waals surface area contributed by atoms with Crippen molar-refractivity contribution < 1.29 is 18.6 Å². The van der Waals surface area contributed by atoms with E-state index in [0.29, 0.717) is 5.56 Å². The van der Waals surface area contributed by atoms with Crippen molar-refractivity contribution in [3.8, 4) is 0 Å². The summed E-state index contributed by atoms with van der Waals surface area (Å²) in [5.74, 6) is -2.33. The third kappa shape index (κ3) is 3.89. The Balaban J connectivity index is 2.45. The van der Waals surface area contributed by atoms with Crippen molar-refractivity contribution in [2.45, 2.75) is 51.9 Å². The zero-order chi connectivity index (χ0) is 17.9. The highest BCUT2D eigenvalue weighted by atomic mass is 32.1. The first-order chi connectivity index (χ1) is 11.3. The van der Waals surface area contributed by atoms with E-state index >= 15 is 0 Å². The molecule has 0 saturated heterocycles. The Labute approximate surface area is 146 Å². The summed E-state index contributed by atoms with van der Waals surface area (Å²) in [7, 11) is 1.66. The lowest BCUT2D eigenvalue weighted by molar-refractivity contribution is 0.0679. The molecular weight excluding hydrogens is 330 g/mol. The molecule has 1 saturated carbocycles. The third-order valence-corrected chi connectivity index (χ3v) is 5.25. The van der Waals surface area contributed by atoms with Crippen molar-refractivity contribution in [2.24, 2.45) is 0 Å². The van der Waals surface area contributed by atoms with Crippen molar-refractivity contribution >= 4 is 22.9 Å². The first-order valence-electron chi connectivity index (χ1n) is 8.14. The highest BCUT2D eigenvalue weighted by Gasteiger charge is 2.26. The van der Waals surface area contributed by atoms with Crippen LogP contribution in [0.15, 0.2) is 29.2 Å². The second-order valence-corrected chi connectivity index (χ2v) is 7.02. The summed E-state index contributed by atoms with van der Waals surface area (Å²) in [5.41, 5.74) is 2.44. The quantitative estimate of drug-likeness (QED) is 0.456. The number of ether oxygens (including phenoxy) is 1. The van der Waals surface area contributed by atoms with E-state index in [0.717, 1.165) is 54.9 Å². The maximum absolute atomic E-state index is 13.3. The van der Waals surface area contributed by atoms with Crippen molar-refractivity contribution in [2.75, 3.05) is 7.11 Å². The Kier molecular flexibility index (Phi) is 5.86. The number of aliphatic hydroxyl groups excluding tert-OH is 1. The second-order valence-electron chi connectivity index (χ2n) is 6.14. The normalized spacial score (nSPS) is 15.2. The molecule has 0 amide bonds. The molecule has 0 radical (unpaired) electrons. The number of hydrogen-bond acceptors (Lipinski definition) is 3. The van der Waals surface area contributed by atoms with Gasteiger partial charge in [-0.1, -0.05) is 19.9 Å². The third-order valence-electron chi connectivity index (χ3n) is 4.23. The van der Waals surface area contributed by atoms with E-state index in [-0.39, 0.29) is 5.76 Å². The number of halogens is 2. The molecule has 24 heavy (non-hydrogen) atoms. The van der Waals surface area contributed by atoms with E-state index in [9.17, 15) is 13.9 Å². The van der Waals surface area contributed by atoms with Gasteiger partial charge in [0.25, 0.3) is 5.92 Å². The molecule has 1 aromatic rings. The molecule has 132 valence electrons. The highest BCUT2D eigenvalue weighted by molar-refractivity contribution is 7.11. The van der Waals surface area contributed by atoms with Gasteiger partial charge in [0.2, 0.25) is 0 Å². The Morgan fingerprint density at radius 2 is 2.12 bits per heavy atom. The number of rotatable bonds is 7. The SMILES string of the molecule is C=C(/C=C(/O)c1csc(C(OC)=C2CCC2)c1CCC)C(C)(F)F. The molecule has 1 heterocycles. The van der Waals surface area contributed by atoms with Crippen LogP contribution in [0.2, 0.25) is 0 Å². The largest absolute Gasteiger partial charge is 0.507 e. The Morgan fingerprint density at radius 1 is 1.46 bits per heavy atom. The van der Waals surface area contributed by atoms with Gasteiger partial charge in [0.1, 0.15) is 11.5 Å². The van der Waals surface area contributed by atoms with Crippen LogP contribution in [-0.2, 0) is 11.2 Å². The van der Waals surface area contributed by atoms with Crippen molar-refractivity contribution in [1.29, 1.82) is 0 Å². The van der Waals surface area contributed by atoms with Crippen LogP contribution in [0.5, 0.6) is 0 Å². The minimum atomic E-state index is -3.05. The van der Waals surface area contributed by atoms with Crippen molar-refractivity contribution in [3.63, 3.8) is 0 Å². The van der Waals surface area contributed by atoms with Crippen LogP contribution in [-0.4, -0.2) is 18.1 Å². The second kappa shape index (κ2) is 7.51. The first kappa shape index (κ1) is 18.7. The molecule has 1 aromatic heterocycles. The molecular formula is C19H24F2O2S. The number of allylic oxidation sites excluding steroid dienone is 3. The Hall–Kier alpha value is -1.62. The molecule has 0 aromatic carbocycles. The Morgan fingerprint density at radius 3 is 2.58 bits per heavy atom. The molecule has 1 aliphatic rings. The van der Waals surface area contributed by atoms with Crippen LogP contribution in [0.3, 0.4) is 0 Å². The number of methoxy groups -OCH3 is 1. The molecule has 1 fully saturated rings. The summed E-state index contributed by atoms with van der Waals surface area (Å²) in [6.45, 7) is 6.18. The summed E-state index contributed by atoms with van der Waals surface area (Å²) in [4.78, 5) is 0.998. The minimum Gasteiger partial charge on any atom is -0.507 e. The summed E-state index contributed by atoms with van der Waals surface area (Å²) < 4.78 is 32.2. The first-order valence-corrected chi connectivity index (χ1v) is 9.02. The molecule has 1 aliphatic carbocycles. The summed E-state index contributed by atoms with van der Waals surface area (Å²) >= 11 is 1.49. The van der Waals surface area contributed by atoms with Gasteiger partial charge in [0.05, 0.1) is 12.0 Å². The fraction of sp³-hybridized carbons (Fsp3) is 0.474. The molecule has 5 heteroatoms. The van der Waals surface area contributed by atoms with Gasteiger partial charge in [-0.25, -0.2) is 8.78 Å². The molecule has 2 rings (SSSR count). The van der Waals surface area contributed by atoms with E-state index < -0.39 is 11.5 Å². The topological polar surface area (TPSA) is 29.5 Å². The molecule has 0 bridgehead atoms. The number of thiophene rings is 1. The predicted molar refractivity (Wildman–Crippen MR) is 96.5 cm³/mol. The molecule has 1 N–H and O–H groups in total. The molecule has 0 unspecified atom stereocenters. The molecule has 2 nitrogen and oxygen atoms in total. The highest BCUT2D eigenvalue weighted by Crippen LogP contribution is 2.40. The van der Waals surface area contributed by atoms with Gasteiger partial charge in [-0.3, -0.25) is 0 Å². The maximum atomic E-state index is 13.3. The van der Waals surface area contributed by atoms with Gasteiger partial charge < -0.3 is 9.84 Å². The lowest BCUT2D eigenvalue weighted by Crippen LogP contribution is -2.11. The molecule has 0 aliphatic heterocycles. The zero-order valence-corrected chi connectivity index (χ0v) is 15.2. The van der Waals surface area contributed by atoms with E-state index in [1.807, 2.05) is 12.3 Å². The minimum absolute atomic E-state index is 0.165. The summed E-state index contributed by atoms with van der Waals surface area (Å²) in [6.07, 6.45) is 5.93. The van der Waals surface area contributed by atoms with E-state index in [4.69, 9.17) is 4.74 Å². The Bertz CT molecular complexity index is 672. The van der Waals surface area contributed by atoms with E-state index in [2.05, 4.69) is 6.58 Å². The van der Waals surface area contributed by atoms with E-state index in [1.165, 1.54) is 23.3 Å². The van der Waals surface area contributed by atoms with Gasteiger partial charge in [-0.2, -0.15) is 0 Å². The number of alkyl halides is 2. The average Bonchev–Trinajstić information content (AvgIpc) is 2.85. The maximum Gasteiger partial charge on any atom is 0.270 e. The van der Waals surface area contributed by atoms with Crippen molar-refractivity contribution in [1.82, 2.24) is 0 Å². The summed E-state index contributed by atoms with van der Waals surface area (Å²) in [6, 6.07) is 0.